The molecule has 1 aliphatic rings. The van der Waals surface area contributed by atoms with Crippen molar-refractivity contribution in [2.75, 3.05) is 6.54 Å². The molecule has 0 saturated heterocycles. The van der Waals surface area contributed by atoms with Crippen LogP contribution in [0.1, 0.15) is 37.4 Å². The number of fused-ring (bicyclic) bond motifs is 1. The summed E-state index contributed by atoms with van der Waals surface area (Å²) in [6.07, 6.45) is 10.2. The first kappa shape index (κ1) is 16.4. The van der Waals surface area contributed by atoms with E-state index in [1.807, 2.05) is 40.6 Å². The van der Waals surface area contributed by atoms with Gasteiger partial charge < -0.3 is 4.85 Å². The quantitative estimate of drug-likeness (QED) is 0.644. The van der Waals surface area contributed by atoms with Crippen molar-refractivity contribution in [2.45, 2.75) is 38.6 Å². The van der Waals surface area contributed by atoms with Gasteiger partial charge in [0.05, 0.1) is 24.5 Å². The van der Waals surface area contributed by atoms with Gasteiger partial charge in [0, 0.05) is 23.0 Å². The summed E-state index contributed by atoms with van der Waals surface area (Å²) in [6, 6.07) is 4.12. The molecule has 1 aliphatic carbocycles. The molecule has 0 bridgehead atoms. The molecule has 0 N–H and O–H groups in total. The van der Waals surface area contributed by atoms with E-state index in [0.717, 1.165) is 22.3 Å². The fourth-order valence-electron chi connectivity index (χ4n) is 4.09. The maximum absolute atomic E-state index is 7.52. The molecule has 1 atom stereocenters. The monoisotopic (exact) mass is 344 g/mol. The highest BCUT2D eigenvalue weighted by Gasteiger charge is 2.29. The summed E-state index contributed by atoms with van der Waals surface area (Å²) in [5.74, 6) is 0.519. The van der Waals surface area contributed by atoms with Crippen molar-refractivity contribution in [3.05, 3.63) is 59.3 Å². The van der Waals surface area contributed by atoms with E-state index in [9.17, 15) is 0 Å². The van der Waals surface area contributed by atoms with Gasteiger partial charge in [-0.25, -0.2) is 15.9 Å². The number of hydrogen-bond donors (Lipinski definition) is 0. The molecule has 3 heterocycles. The molecule has 1 saturated carbocycles. The van der Waals surface area contributed by atoms with Gasteiger partial charge >= 0.3 is 0 Å². The fourth-order valence-corrected chi connectivity index (χ4v) is 4.09. The molecular formula is C20H20N6. The van der Waals surface area contributed by atoms with E-state index in [1.165, 1.54) is 25.7 Å². The summed E-state index contributed by atoms with van der Waals surface area (Å²) >= 11 is 0. The summed E-state index contributed by atoms with van der Waals surface area (Å²) < 4.78 is 3.80. The van der Waals surface area contributed by atoms with Crippen molar-refractivity contribution in [3.63, 3.8) is 0 Å². The molecule has 0 amide bonds. The van der Waals surface area contributed by atoms with Crippen LogP contribution in [-0.4, -0.2) is 25.9 Å². The smallest absolute Gasteiger partial charge is 0.237 e. The lowest BCUT2D eigenvalue weighted by Crippen LogP contribution is -2.20. The molecular weight excluding hydrogens is 324 g/mol. The lowest BCUT2D eigenvalue weighted by atomic mass is 9.98. The molecule has 0 spiro atoms. The van der Waals surface area contributed by atoms with Gasteiger partial charge in [0.2, 0.25) is 12.2 Å². The van der Waals surface area contributed by atoms with Crippen LogP contribution in [0.3, 0.4) is 0 Å². The van der Waals surface area contributed by atoms with Crippen molar-refractivity contribution < 1.29 is 0 Å². The van der Waals surface area contributed by atoms with Crippen LogP contribution in [0.5, 0.6) is 0 Å². The lowest BCUT2D eigenvalue weighted by Gasteiger charge is -2.18. The van der Waals surface area contributed by atoms with Crippen molar-refractivity contribution in [2.24, 2.45) is 5.92 Å². The third-order valence-corrected chi connectivity index (χ3v) is 5.43. The summed E-state index contributed by atoms with van der Waals surface area (Å²) in [7, 11) is 0. The van der Waals surface area contributed by atoms with Crippen molar-refractivity contribution in [3.8, 4) is 11.1 Å². The largest absolute Gasteiger partial charge is 0.315 e. The number of hydrogen-bond acceptors (Lipinski definition) is 2. The highest BCUT2D eigenvalue weighted by atomic mass is 15.3. The van der Waals surface area contributed by atoms with E-state index >= 15 is 0 Å². The Morgan fingerprint density at radius 2 is 2.00 bits per heavy atom. The standard InChI is InChI=1S/C20H20N6/c1-14-8-9-18-20(17(22-3)11-24-26(14)18)16-10-23-25(13-16)19(12-21-2)15-6-4-5-7-15/h8-11,13,15,19H,4-7,12H2,1H3. The van der Waals surface area contributed by atoms with Crippen molar-refractivity contribution in [1.82, 2.24) is 19.4 Å². The van der Waals surface area contributed by atoms with Gasteiger partial charge in [0.1, 0.15) is 6.04 Å². The van der Waals surface area contributed by atoms with Gasteiger partial charge in [-0.15, -0.1) is 0 Å². The highest BCUT2D eigenvalue weighted by Crippen LogP contribution is 2.37. The molecule has 3 aromatic rings. The summed E-state index contributed by atoms with van der Waals surface area (Å²) in [6.45, 7) is 17.3. The lowest BCUT2D eigenvalue weighted by molar-refractivity contribution is 0.329. The zero-order valence-corrected chi connectivity index (χ0v) is 14.8. The Morgan fingerprint density at radius 1 is 1.19 bits per heavy atom. The van der Waals surface area contributed by atoms with Crippen LogP contribution in [0, 0.1) is 26.0 Å². The Balaban J connectivity index is 1.80. The van der Waals surface area contributed by atoms with Gasteiger partial charge in [0.25, 0.3) is 0 Å². The zero-order chi connectivity index (χ0) is 18.1. The molecule has 1 unspecified atom stereocenters. The summed E-state index contributed by atoms with van der Waals surface area (Å²) in [5, 5.41) is 8.95. The molecule has 130 valence electrons. The van der Waals surface area contributed by atoms with Crippen LogP contribution in [-0.2, 0) is 0 Å². The Labute approximate surface area is 152 Å². The maximum atomic E-state index is 7.52. The average molecular weight is 344 g/mol. The van der Waals surface area contributed by atoms with E-state index < -0.39 is 0 Å². The summed E-state index contributed by atoms with van der Waals surface area (Å²) in [5.41, 5.74) is 4.25. The van der Waals surface area contributed by atoms with E-state index in [1.54, 1.807) is 6.20 Å². The van der Waals surface area contributed by atoms with Crippen LogP contribution in [0.2, 0.25) is 0 Å². The maximum Gasteiger partial charge on any atom is 0.237 e. The van der Waals surface area contributed by atoms with Crippen LogP contribution in [0.25, 0.3) is 26.3 Å². The Bertz CT molecular complexity index is 1020. The van der Waals surface area contributed by atoms with E-state index in [2.05, 4.69) is 19.9 Å². The first-order chi connectivity index (χ1) is 12.7. The van der Waals surface area contributed by atoms with Crippen LogP contribution in [0.4, 0.5) is 5.69 Å². The van der Waals surface area contributed by atoms with Gasteiger partial charge in [-0.3, -0.25) is 4.68 Å². The van der Waals surface area contributed by atoms with Crippen molar-refractivity contribution in [1.29, 1.82) is 0 Å². The first-order valence-corrected chi connectivity index (χ1v) is 8.95. The van der Waals surface area contributed by atoms with Crippen LogP contribution >= 0.6 is 0 Å². The molecule has 4 rings (SSSR count). The molecule has 0 aromatic carbocycles. The van der Waals surface area contributed by atoms with E-state index in [0.29, 0.717) is 18.2 Å². The number of rotatable bonds is 4. The topological polar surface area (TPSA) is 43.8 Å². The highest BCUT2D eigenvalue weighted by molar-refractivity contribution is 5.90. The average Bonchev–Trinajstić information content (AvgIpc) is 3.40. The second-order valence-corrected chi connectivity index (χ2v) is 6.95. The predicted octanol–water partition coefficient (Wildman–Crippen LogP) is 4.71. The predicted molar refractivity (Wildman–Crippen MR) is 99.9 cm³/mol. The number of nitrogens with zero attached hydrogens (tertiary/aromatic N) is 6. The minimum absolute atomic E-state index is 0.117. The molecule has 6 heteroatoms. The fraction of sp³-hybridized carbons (Fsp3) is 0.400. The molecule has 1 fully saturated rings. The van der Waals surface area contributed by atoms with E-state index in [-0.39, 0.29) is 6.04 Å². The van der Waals surface area contributed by atoms with Crippen molar-refractivity contribution >= 4 is 11.2 Å². The number of aromatic nitrogens is 4. The van der Waals surface area contributed by atoms with Gasteiger partial charge in [0.15, 0.2) is 0 Å². The second-order valence-electron chi connectivity index (χ2n) is 6.95. The Hall–Kier alpha value is -3.12. The molecule has 0 radical (unpaired) electrons. The van der Waals surface area contributed by atoms with Crippen LogP contribution < -0.4 is 0 Å². The van der Waals surface area contributed by atoms with Gasteiger partial charge in [-0.05, 0) is 37.8 Å². The molecule has 3 aromatic heterocycles. The SMILES string of the molecule is [C-]#[N+]CC(C1CCCC1)n1cc(-c2c([N+]#[C-])cnn3c(C)ccc23)cn1. The second kappa shape index (κ2) is 6.65. The minimum atomic E-state index is 0.117. The van der Waals surface area contributed by atoms with E-state index in [4.69, 9.17) is 13.1 Å². The molecule has 6 nitrogen and oxygen atoms in total. The summed E-state index contributed by atoms with van der Waals surface area (Å²) in [4.78, 5) is 7.32. The van der Waals surface area contributed by atoms with Crippen LogP contribution in [0.15, 0.2) is 30.7 Å². The Morgan fingerprint density at radius 3 is 2.73 bits per heavy atom. The minimum Gasteiger partial charge on any atom is -0.315 e. The van der Waals surface area contributed by atoms with Gasteiger partial charge in [-0.1, -0.05) is 12.8 Å². The normalized spacial score (nSPS) is 15.8. The third kappa shape index (κ3) is 2.64. The third-order valence-electron chi connectivity index (χ3n) is 5.43. The Kier molecular flexibility index (Phi) is 4.18. The molecule has 26 heavy (non-hydrogen) atoms. The van der Waals surface area contributed by atoms with Gasteiger partial charge in [-0.2, -0.15) is 10.2 Å². The zero-order valence-electron chi connectivity index (χ0n) is 14.8. The number of aryl methyl sites for hydroxylation is 1. The first-order valence-electron chi connectivity index (χ1n) is 8.95. The molecule has 0 aliphatic heterocycles.